The maximum atomic E-state index is 10.6. The van der Waals surface area contributed by atoms with Crippen LogP contribution in [0.25, 0.3) is 0 Å². The van der Waals surface area contributed by atoms with Gasteiger partial charge in [-0.1, -0.05) is 0 Å². The summed E-state index contributed by atoms with van der Waals surface area (Å²) in [5.74, 6) is 0.642. The van der Waals surface area contributed by atoms with E-state index in [0.717, 1.165) is 6.42 Å². The number of nitrogens with one attached hydrogen (secondary N) is 1. The molecule has 1 unspecified atom stereocenters. The Balaban J connectivity index is 2.63. The van der Waals surface area contributed by atoms with E-state index < -0.39 is 4.92 Å². The smallest absolute Gasteiger partial charge is 0.290 e. The number of pyridine rings is 1. The molecule has 0 aliphatic carbocycles. The molecule has 1 heterocycles. The zero-order chi connectivity index (χ0) is 12.1. The Morgan fingerprint density at radius 2 is 2.38 bits per heavy atom. The highest BCUT2D eigenvalue weighted by atomic mass is 16.6. The number of hydrogen-bond acceptors (Lipinski definition) is 5. The molecule has 0 spiro atoms. The van der Waals surface area contributed by atoms with E-state index in [-0.39, 0.29) is 11.7 Å². The van der Waals surface area contributed by atoms with Crippen molar-refractivity contribution in [1.29, 1.82) is 0 Å². The predicted octanol–water partition coefficient (Wildman–Crippen LogP) is 1.45. The summed E-state index contributed by atoms with van der Waals surface area (Å²) in [5, 5.41) is 13.6. The number of aromatic nitrogens is 1. The van der Waals surface area contributed by atoms with Crippen molar-refractivity contribution in [2.45, 2.75) is 26.3 Å². The van der Waals surface area contributed by atoms with Gasteiger partial charge in [0.2, 0.25) is 0 Å². The van der Waals surface area contributed by atoms with Crippen LogP contribution in [0.2, 0.25) is 0 Å². The van der Waals surface area contributed by atoms with Crippen LogP contribution in [-0.4, -0.2) is 22.5 Å². The number of anilines is 1. The van der Waals surface area contributed by atoms with Crippen LogP contribution in [0.15, 0.2) is 12.3 Å². The average Bonchev–Trinajstić information content (AvgIpc) is 2.16. The SMILES string of the molecule is Cc1cc(NCCC(C)N)ncc1[N+](=O)[O-]. The monoisotopic (exact) mass is 224 g/mol. The first-order valence-electron chi connectivity index (χ1n) is 5.11. The fourth-order valence-corrected chi connectivity index (χ4v) is 1.26. The highest BCUT2D eigenvalue weighted by molar-refractivity contribution is 5.46. The molecule has 0 aliphatic rings. The molecule has 1 atom stereocenters. The fourth-order valence-electron chi connectivity index (χ4n) is 1.26. The summed E-state index contributed by atoms with van der Waals surface area (Å²) < 4.78 is 0. The molecule has 1 rings (SSSR count). The summed E-state index contributed by atoms with van der Waals surface area (Å²) in [6, 6.07) is 1.80. The number of rotatable bonds is 5. The van der Waals surface area contributed by atoms with E-state index in [1.807, 2.05) is 6.92 Å². The molecule has 0 aromatic carbocycles. The number of nitrogens with zero attached hydrogens (tertiary/aromatic N) is 2. The van der Waals surface area contributed by atoms with Crippen LogP contribution in [0.1, 0.15) is 18.9 Å². The molecule has 88 valence electrons. The summed E-state index contributed by atoms with van der Waals surface area (Å²) in [7, 11) is 0. The van der Waals surface area contributed by atoms with Crippen molar-refractivity contribution in [1.82, 2.24) is 4.98 Å². The Morgan fingerprint density at radius 1 is 1.69 bits per heavy atom. The van der Waals surface area contributed by atoms with Crippen LogP contribution >= 0.6 is 0 Å². The molecule has 6 nitrogen and oxygen atoms in total. The molecule has 0 aliphatic heterocycles. The maximum Gasteiger partial charge on any atom is 0.290 e. The highest BCUT2D eigenvalue weighted by Gasteiger charge is 2.10. The first-order valence-corrected chi connectivity index (χ1v) is 5.11. The standard InChI is InChI=1S/C10H16N4O2/c1-7-5-10(12-4-3-8(2)11)13-6-9(7)14(15)16/h5-6,8H,3-4,11H2,1-2H3,(H,12,13). The summed E-state index contributed by atoms with van der Waals surface area (Å²) in [6.45, 7) is 4.33. The first kappa shape index (κ1) is 12.4. The lowest BCUT2D eigenvalue weighted by atomic mass is 10.2. The number of nitrogens with two attached hydrogens (primary N) is 1. The van der Waals surface area contributed by atoms with Gasteiger partial charge in [0.25, 0.3) is 5.69 Å². The van der Waals surface area contributed by atoms with Gasteiger partial charge in [0.05, 0.1) is 4.92 Å². The minimum atomic E-state index is -0.436. The van der Waals surface area contributed by atoms with Crippen molar-refractivity contribution in [2.75, 3.05) is 11.9 Å². The minimum Gasteiger partial charge on any atom is -0.370 e. The molecule has 0 saturated carbocycles. The number of nitro groups is 1. The van der Waals surface area contributed by atoms with Crippen molar-refractivity contribution < 1.29 is 4.92 Å². The second-order valence-electron chi connectivity index (χ2n) is 3.81. The topological polar surface area (TPSA) is 94.1 Å². The van der Waals surface area contributed by atoms with E-state index in [4.69, 9.17) is 5.73 Å². The molecule has 1 aromatic rings. The minimum absolute atomic E-state index is 0.0396. The van der Waals surface area contributed by atoms with Crippen LogP contribution in [0, 0.1) is 17.0 Å². The van der Waals surface area contributed by atoms with Crippen molar-refractivity contribution in [3.8, 4) is 0 Å². The molecule has 16 heavy (non-hydrogen) atoms. The van der Waals surface area contributed by atoms with Gasteiger partial charge < -0.3 is 11.1 Å². The van der Waals surface area contributed by atoms with Crippen LogP contribution in [0.4, 0.5) is 11.5 Å². The van der Waals surface area contributed by atoms with Crippen molar-refractivity contribution in [3.63, 3.8) is 0 Å². The molecule has 0 amide bonds. The Bertz CT molecular complexity index is 379. The van der Waals surface area contributed by atoms with Gasteiger partial charge in [-0.3, -0.25) is 10.1 Å². The van der Waals surface area contributed by atoms with Gasteiger partial charge in [0.1, 0.15) is 12.0 Å². The van der Waals surface area contributed by atoms with Gasteiger partial charge in [-0.15, -0.1) is 0 Å². The molecular weight excluding hydrogens is 208 g/mol. The molecule has 0 bridgehead atoms. The number of aryl methyl sites for hydroxylation is 1. The largest absolute Gasteiger partial charge is 0.370 e. The molecule has 1 aromatic heterocycles. The van der Waals surface area contributed by atoms with Crippen molar-refractivity contribution >= 4 is 11.5 Å². The molecular formula is C10H16N4O2. The Kier molecular flexibility index (Phi) is 4.19. The van der Waals surface area contributed by atoms with E-state index in [1.54, 1.807) is 13.0 Å². The van der Waals surface area contributed by atoms with Crippen molar-refractivity contribution in [2.24, 2.45) is 5.73 Å². The number of hydrogen-bond donors (Lipinski definition) is 2. The Morgan fingerprint density at radius 3 is 2.88 bits per heavy atom. The third kappa shape index (κ3) is 3.47. The van der Waals surface area contributed by atoms with Crippen molar-refractivity contribution in [3.05, 3.63) is 27.9 Å². The lowest BCUT2D eigenvalue weighted by Crippen LogP contribution is -2.19. The quantitative estimate of drug-likeness (QED) is 0.583. The van der Waals surface area contributed by atoms with E-state index in [9.17, 15) is 10.1 Å². The second kappa shape index (κ2) is 5.41. The molecule has 0 fully saturated rings. The third-order valence-electron chi connectivity index (χ3n) is 2.19. The summed E-state index contributed by atoms with van der Waals surface area (Å²) in [6.07, 6.45) is 2.10. The maximum absolute atomic E-state index is 10.6. The first-order chi connectivity index (χ1) is 7.50. The summed E-state index contributed by atoms with van der Waals surface area (Å²) in [4.78, 5) is 14.1. The Labute approximate surface area is 94.0 Å². The zero-order valence-electron chi connectivity index (χ0n) is 9.43. The predicted molar refractivity (Wildman–Crippen MR) is 62.4 cm³/mol. The lowest BCUT2D eigenvalue weighted by molar-refractivity contribution is -0.385. The van der Waals surface area contributed by atoms with Crippen LogP contribution in [-0.2, 0) is 0 Å². The molecule has 6 heteroatoms. The summed E-state index contributed by atoms with van der Waals surface area (Å²) in [5.41, 5.74) is 6.24. The van der Waals surface area contributed by atoms with Gasteiger partial charge in [0, 0.05) is 18.2 Å². The van der Waals surface area contributed by atoms with Gasteiger partial charge in [-0.05, 0) is 26.3 Å². The second-order valence-corrected chi connectivity index (χ2v) is 3.81. The fraction of sp³-hybridized carbons (Fsp3) is 0.500. The zero-order valence-corrected chi connectivity index (χ0v) is 9.43. The highest BCUT2D eigenvalue weighted by Crippen LogP contribution is 2.18. The molecule has 3 N–H and O–H groups in total. The average molecular weight is 224 g/mol. The van der Waals surface area contributed by atoms with Crippen LogP contribution in [0.5, 0.6) is 0 Å². The Hall–Kier alpha value is -1.69. The van der Waals surface area contributed by atoms with E-state index in [0.29, 0.717) is 17.9 Å². The van der Waals surface area contributed by atoms with Crippen LogP contribution < -0.4 is 11.1 Å². The van der Waals surface area contributed by atoms with E-state index in [2.05, 4.69) is 10.3 Å². The summed E-state index contributed by atoms with van der Waals surface area (Å²) >= 11 is 0. The van der Waals surface area contributed by atoms with Crippen LogP contribution in [0.3, 0.4) is 0 Å². The van der Waals surface area contributed by atoms with E-state index >= 15 is 0 Å². The molecule has 0 saturated heterocycles. The van der Waals surface area contributed by atoms with E-state index in [1.165, 1.54) is 6.20 Å². The third-order valence-corrected chi connectivity index (χ3v) is 2.19. The van der Waals surface area contributed by atoms with Gasteiger partial charge in [-0.2, -0.15) is 0 Å². The lowest BCUT2D eigenvalue weighted by Gasteiger charge is -2.08. The van der Waals surface area contributed by atoms with Gasteiger partial charge in [0.15, 0.2) is 0 Å². The van der Waals surface area contributed by atoms with Gasteiger partial charge >= 0.3 is 0 Å². The normalized spacial score (nSPS) is 12.2. The van der Waals surface area contributed by atoms with Gasteiger partial charge in [-0.25, -0.2) is 4.98 Å². The molecule has 0 radical (unpaired) electrons.